The molecule has 0 aliphatic heterocycles. The number of rotatable bonds is 4. The third-order valence-corrected chi connectivity index (χ3v) is 4.46. The number of hydrogen-bond acceptors (Lipinski definition) is 3. The number of nitrogens with two attached hydrogens (primary N) is 1. The lowest BCUT2D eigenvalue weighted by Crippen LogP contribution is -2.34. The lowest BCUT2D eigenvalue weighted by Gasteiger charge is -2.22. The average molecular weight is 359 g/mol. The average Bonchev–Trinajstić information content (AvgIpc) is 2.77. The molecular weight excluding hydrogens is 335 g/mol. The van der Waals surface area contributed by atoms with E-state index in [0.29, 0.717) is 5.92 Å². The fraction of sp³-hybridized carbons (Fsp3) is 0.500. The number of aromatic amines is 1. The molecule has 1 aliphatic rings. The minimum atomic E-state index is -0.215. The van der Waals surface area contributed by atoms with Gasteiger partial charge in [0, 0.05) is 17.6 Å². The van der Waals surface area contributed by atoms with Gasteiger partial charge in [0.05, 0.1) is 17.0 Å². The Hall–Kier alpha value is -1.30. The Morgan fingerprint density at radius 2 is 2.04 bits per heavy atom. The van der Waals surface area contributed by atoms with Crippen LogP contribution in [-0.2, 0) is 4.79 Å². The first kappa shape index (κ1) is 19.7. The number of hydrogen-bond donors (Lipinski definition) is 3. The molecular formula is C16H24Cl2N4O. The maximum atomic E-state index is 12.0. The van der Waals surface area contributed by atoms with Gasteiger partial charge >= 0.3 is 0 Å². The van der Waals surface area contributed by atoms with E-state index in [1.807, 2.05) is 32.0 Å². The van der Waals surface area contributed by atoms with Crippen LogP contribution in [0.1, 0.15) is 44.9 Å². The highest BCUT2D eigenvalue weighted by molar-refractivity contribution is 5.94. The molecule has 3 rings (SSSR count). The fourth-order valence-electron chi connectivity index (χ4n) is 2.48. The summed E-state index contributed by atoms with van der Waals surface area (Å²) in [7, 11) is 0. The Morgan fingerprint density at radius 3 is 2.61 bits per heavy atom. The number of imidazole rings is 1. The summed E-state index contributed by atoms with van der Waals surface area (Å²) in [5, 5.41) is 2.91. The van der Waals surface area contributed by atoms with E-state index in [1.54, 1.807) is 0 Å². The van der Waals surface area contributed by atoms with Crippen LogP contribution in [0, 0.1) is 5.92 Å². The summed E-state index contributed by atoms with van der Waals surface area (Å²) in [5.41, 5.74) is 8.47. The van der Waals surface area contributed by atoms with Crippen molar-refractivity contribution in [1.82, 2.24) is 9.97 Å². The molecule has 1 saturated carbocycles. The second-order valence-electron chi connectivity index (χ2n) is 6.12. The molecule has 1 heterocycles. The normalized spacial score (nSPS) is 16.7. The Bertz CT molecular complexity index is 667. The molecule has 0 radical (unpaired) electrons. The quantitative estimate of drug-likeness (QED) is 0.780. The van der Waals surface area contributed by atoms with Crippen molar-refractivity contribution in [3.8, 4) is 0 Å². The molecule has 128 valence electrons. The summed E-state index contributed by atoms with van der Waals surface area (Å²) in [6.45, 7) is 3.68. The first-order chi connectivity index (χ1) is 10.0. The SMILES string of the molecule is CC(N)C(C)C(=O)Nc1ccc2nc(C3CCC3)[nH]c2c1.Cl.Cl. The van der Waals surface area contributed by atoms with E-state index in [0.717, 1.165) is 22.5 Å². The number of nitrogens with zero attached hydrogens (tertiary/aromatic N) is 1. The van der Waals surface area contributed by atoms with Gasteiger partial charge in [0.2, 0.25) is 5.91 Å². The first-order valence-corrected chi connectivity index (χ1v) is 7.60. The number of aromatic nitrogens is 2. The van der Waals surface area contributed by atoms with E-state index in [-0.39, 0.29) is 42.7 Å². The molecule has 1 amide bonds. The number of amides is 1. The van der Waals surface area contributed by atoms with Crippen LogP contribution in [0.25, 0.3) is 11.0 Å². The first-order valence-electron chi connectivity index (χ1n) is 7.60. The molecule has 0 spiro atoms. The van der Waals surface area contributed by atoms with Crippen molar-refractivity contribution in [3.63, 3.8) is 0 Å². The van der Waals surface area contributed by atoms with Gasteiger partial charge in [0.1, 0.15) is 5.82 Å². The number of halogens is 2. The van der Waals surface area contributed by atoms with Gasteiger partial charge in [-0.15, -0.1) is 24.8 Å². The number of benzene rings is 1. The van der Waals surface area contributed by atoms with E-state index in [9.17, 15) is 4.79 Å². The molecule has 23 heavy (non-hydrogen) atoms. The van der Waals surface area contributed by atoms with Gasteiger partial charge in [0.15, 0.2) is 0 Å². The van der Waals surface area contributed by atoms with Crippen molar-refractivity contribution in [3.05, 3.63) is 24.0 Å². The summed E-state index contributed by atoms with van der Waals surface area (Å²) in [6.07, 6.45) is 3.73. The zero-order valence-electron chi connectivity index (χ0n) is 13.3. The Kier molecular flexibility index (Phi) is 6.86. The molecule has 0 saturated heterocycles. The van der Waals surface area contributed by atoms with Gasteiger partial charge in [-0.1, -0.05) is 13.3 Å². The summed E-state index contributed by atoms with van der Waals surface area (Å²) >= 11 is 0. The van der Waals surface area contributed by atoms with Crippen molar-refractivity contribution < 1.29 is 4.79 Å². The Morgan fingerprint density at radius 1 is 1.35 bits per heavy atom. The predicted molar refractivity (Wildman–Crippen MR) is 98.6 cm³/mol. The minimum absolute atomic E-state index is 0. The van der Waals surface area contributed by atoms with Gasteiger partial charge in [-0.2, -0.15) is 0 Å². The molecule has 4 N–H and O–H groups in total. The van der Waals surface area contributed by atoms with E-state index in [1.165, 1.54) is 19.3 Å². The second kappa shape index (κ2) is 7.99. The van der Waals surface area contributed by atoms with E-state index < -0.39 is 0 Å². The van der Waals surface area contributed by atoms with Crippen molar-refractivity contribution in [2.24, 2.45) is 11.7 Å². The van der Waals surface area contributed by atoms with E-state index in [4.69, 9.17) is 5.73 Å². The van der Waals surface area contributed by atoms with Crippen molar-refractivity contribution >= 4 is 47.4 Å². The Labute approximate surface area is 148 Å². The number of carbonyl (C=O) groups is 1. The number of carbonyl (C=O) groups excluding carboxylic acids is 1. The maximum Gasteiger partial charge on any atom is 0.228 e. The number of H-pyrrole nitrogens is 1. The second-order valence-corrected chi connectivity index (χ2v) is 6.12. The highest BCUT2D eigenvalue weighted by Gasteiger charge is 2.23. The summed E-state index contributed by atoms with van der Waals surface area (Å²) in [5.74, 6) is 1.38. The standard InChI is InChI=1S/C16H22N4O.2ClH/c1-9(10(2)17)16(21)18-12-6-7-13-14(8-12)20-15(19-13)11-4-3-5-11;;/h6-11H,3-5,17H2,1-2H3,(H,18,21)(H,19,20);2*1H. The summed E-state index contributed by atoms with van der Waals surface area (Å²) in [4.78, 5) is 20.0. The van der Waals surface area contributed by atoms with Crippen molar-refractivity contribution in [2.45, 2.75) is 45.1 Å². The molecule has 1 fully saturated rings. The molecule has 7 heteroatoms. The number of nitrogens with one attached hydrogen (secondary N) is 2. The number of fused-ring (bicyclic) bond motifs is 1. The summed E-state index contributed by atoms with van der Waals surface area (Å²) < 4.78 is 0. The maximum absolute atomic E-state index is 12.0. The van der Waals surface area contributed by atoms with Crippen LogP contribution in [0.3, 0.4) is 0 Å². The molecule has 1 aromatic carbocycles. The van der Waals surface area contributed by atoms with Gasteiger partial charge < -0.3 is 16.0 Å². The zero-order valence-corrected chi connectivity index (χ0v) is 15.0. The van der Waals surface area contributed by atoms with Gasteiger partial charge in [0.25, 0.3) is 0 Å². The minimum Gasteiger partial charge on any atom is -0.342 e. The molecule has 2 unspecified atom stereocenters. The largest absolute Gasteiger partial charge is 0.342 e. The highest BCUT2D eigenvalue weighted by Crippen LogP contribution is 2.35. The fourth-order valence-corrected chi connectivity index (χ4v) is 2.48. The zero-order chi connectivity index (χ0) is 15.0. The van der Waals surface area contributed by atoms with Crippen LogP contribution < -0.4 is 11.1 Å². The van der Waals surface area contributed by atoms with Crippen LogP contribution in [-0.4, -0.2) is 21.9 Å². The molecule has 2 atom stereocenters. The van der Waals surface area contributed by atoms with Gasteiger partial charge in [-0.3, -0.25) is 4.79 Å². The summed E-state index contributed by atoms with van der Waals surface area (Å²) in [6, 6.07) is 5.61. The third kappa shape index (κ3) is 4.16. The van der Waals surface area contributed by atoms with Crippen LogP contribution >= 0.6 is 24.8 Å². The van der Waals surface area contributed by atoms with E-state index in [2.05, 4.69) is 15.3 Å². The highest BCUT2D eigenvalue weighted by atomic mass is 35.5. The van der Waals surface area contributed by atoms with Crippen LogP contribution in [0.15, 0.2) is 18.2 Å². The monoisotopic (exact) mass is 358 g/mol. The van der Waals surface area contributed by atoms with Crippen LogP contribution in [0.2, 0.25) is 0 Å². The molecule has 0 bridgehead atoms. The van der Waals surface area contributed by atoms with Crippen LogP contribution in [0.4, 0.5) is 5.69 Å². The topological polar surface area (TPSA) is 83.8 Å². The molecule has 1 aliphatic carbocycles. The predicted octanol–water partition coefficient (Wildman–Crippen LogP) is 3.60. The molecule has 5 nitrogen and oxygen atoms in total. The number of anilines is 1. The Balaban J connectivity index is 0.00000132. The molecule has 1 aromatic heterocycles. The van der Waals surface area contributed by atoms with Crippen molar-refractivity contribution in [2.75, 3.05) is 5.32 Å². The lowest BCUT2D eigenvalue weighted by molar-refractivity contribution is -0.119. The van der Waals surface area contributed by atoms with E-state index >= 15 is 0 Å². The van der Waals surface area contributed by atoms with Gasteiger partial charge in [-0.25, -0.2) is 4.98 Å². The molecule has 2 aromatic rings. The van der Waals surface area contributed by atoms with Crippen molar-refractivity contribution in [1.29, 1.82) is 0 Å². The lowest BCUT2D eigenvalue weighted by atomic mass is 9.85. The third-order valence-electron chi connectivity index (χ3n) is 4.46. The smallest absolute Gasteiger partial charge is 0.228 e. The van der Waals surface area contributed by atoms with Crippen LogP contribution in [0.5, 0.6) is 0 Å². The van der Waals surface area contributed by atoms with Gasteiger partial charge in [-0.05, 0) is 38.0 Å².